The fourth-order valence-electron chi connectivity index (χ4n) is 3.80. The highest BCUT2D eigenvalue weighted by Gasteiger charge is 2.18. The molecule has 4 nitrogen and oxygen atoms in total. The van der Waals surface area contributed by atoms with Crippen LogP contribution in [0.25, 0.3) is 16.5 Å². The molecule has 0 fully saturated rings. The number of hydrogen-bond donors (Lipinski definition) is 4. The molecule has 0 saturated heterocycles. The number of amidine groups is 1. The summed E-state index contributed by atoms with van der Waals surface area (Å²) in [5.41, 5.74) is 4.80. The van der Waals surface area contributed by atoms with Crippen LogP contribution in [0.2, 0.25) is 0 Å². The largest absolute Gasteiger partial charge is 0.360 e. The van der Waals surface area contributed by atoms with E-state index in [-0.39, 0.29) is 0 Å². The lowest BCUT2D eigenvalue weighted by molar-refractivity contribution is 0.437. The molecule has 1 aromatic carbocycles. The van der Waals surface area contributed by atoms with Crippen LogP contribution in [0.3, 0.4) is 0 Å². The quantitative estimate of drug-likeness (QED) is 0.345. The van der Waals surface area contributed by atoms with Gasteiger partial charge in [-0.15, -0.1) is 11.3 Å². The summed E-state index contributed by atoms with van der Waals surface area (Å²) in [5.74, 6) is 0.440. The molecule has 140 valence electrons. The fourth-order valence-corrected chi connectivity index (χ4v) is 4.43. The first-order valence-corrected chi connectivity index (χ1v) is 10.4. The van der Waals surface area contributed by atoms with Crippen molar-refractivity contribution in [1.82, 2.24) is 10.3 Å². The van der Waals surface area contributed by atoms with E-state index in [0.717, 1.165) is 28.9 Å². The monoisotopic (exact) mass is 378 g/mol. The molecule has 4 N–H and O–H groups in total. The van der Waals surface area contributed by atoms with E-state index in [2.05, 4.69) is 59.9 Å². The Morgan fingerprint density at radius 3 is 2.89 bits per heavy atom. The molecule has 3 aromatic rings. The zero-order valence-corrected chi connectivity index (χ0v) is 16.6. The number of allylic oxidation sites excluding steroid dienone is 1. The van der Waals surface area contributed by atoms with Gasteiger partial charge in [-0.1, -0.05) is 32.1 Å². The van der Waals surface area contributed by atoms with Gasteiger partial charge in [0.2, 0.25) is 0 Å². The van der Waals surface area contributed by atoms with Crippen molar-refractivity contribution in [1.29, 1.82) is 5.41 Å². The first-order chi connectivity index (χ1) is 13.1. The van der Waals surface area contributed by atoms with E-state index in [1.54, 1.807) is 11.3 Å². The number of rotatable bonds is 5. The van der Waals surface area contributed by atoms with Crippen molar-refractivity contribution in [3.05, 3.63) is 58.4 Å². The number of anilines is 1. The Morgan fingerprint density at radius 2 is 2.19 bits per heavy atom. The summed E-state index contributed by atoms with van der Waals surface area (Å²) in [6.45, 7) is 4.42. The number of thiophene rings is 1. The van der Waals surface area contributed by atoms with Gasteiger partial charge in [0.25, 0.3) is 0 Å². The third-order valence-electron chi connectivity index (χ3n) is 5.04. The summed E-state index contributed by atoms with van der Waals surface area (Å²) in [7, 11) is 0. The average Bonchev–Trinajstić information content (AvgIpc) is 3.31. The van der Waals surface area contributed by atoms with Crippen molar-refractivity contribution in [3.63, 3.8) is 0 Å². The second-order valence-electron chi connectivity index (χ2n) is 7.46. The Labute approximate surface area is 164 Å². The van der Waals surface area contributed by atoms with Crippen LogP contribution in [0.15, 0.2) is 48.0 Å². The number of nitrogens with one attached hydrogen (secondary N) is 4. The number of fused-ring (bicyclic) bond motifs is 1. The molecule has 5 heteroatoms. The molecule has 0 saturated carbocycles. The second kappa shape index (κ2) is 7.71. The molecule has 1 aliphatic rings. The average molecular weight is 379 g/mol. The lowest BCUT2D eigenvalue weighted by atomic mass is 9.90. The summed E-state index contributed by atoms with van der Waals surface area (Å²) in [5, 5.41) is 18.3. The van der Waals surface area contributed by atoms with Crippen LogP contribution in [0, 0.1) is 5.41 Å². The lowest BCUT2D eigenvalue weighted by Crippen LogP contribution is -2.35. The molecule has 0 bridgehead atoms. The van der Waals surface area contributed by atoms with Gasteiger partial charge >= 0.3 is 0 Å². The van der Waals surface area contributed by atoms with Crippen molar-refractivity contribution in [3.8, 4) is 0 Å². The maximum atomic E-state index is 8.20. The Hall–Kier alpha value is -2.37. The second-order valence-corrected chi connectivity index (χ2v) is 8.41. The zero-order valence-electron chi connectivity index (χ0n) is 15.8. The van der Waals surface area contributed by atoms with E-state index in [0.29, 0.717) is 17.9 Å². The van der Waals surface area contributed by atoms with E-state index in [1.165, 1.54) is 22.9 Å². The summed E-state index contributed by atoms with van der Waals surface area (Å²) in [4.78, 5) is 4.36. The highest BCUT2D eigenvalue weighted by molar-refractivity contribution is 7.12. The highest BCUT2D eigenvalue weighted by Crippen LogP contribution is 2.33. The molecular weight excluding hydrogens is 352 g/mol. The Bertz CT molecular complexity index is 966. The summed E-state index contributed by atoms with van der Waals surface area (Å²) in [6, 6.07) is 11.4. The standard InChI is InChI=1S/C22H26N4S/c1-14(2)25-16-7-5-15(6-8-16)19-13-24-20-12-17(9-10-18(19)20)26-22(23)21-4-3-11-27-21/h3-5,9-14,16,24-25H,6-8H2,1-2H3,(H2,23,26). The smallest absolute Gasteiger partial charge is 0.140 e. The minimum Gasteiger partial charge on any atom is -0.360 e. The molecular formula is C22H26N4S. The van der Waals surface area contributed by atoms with Gasteiger partial charge in [-0.25, -0.2) is 0 Å². The van der Waals surface area contributed by atoms with Gasteiger partial charge in [-0.3, -0.25) is 5.41 Å². The van der Waals surface area contributed by atoms with Gasteiger partial charge in [0.15, 0.2) is 0 Å². The maximum absolute atomic E-state index is 8.20. The number of aromatic nitrogens is 1. The van der Waals surface area contributed by atoms with Crippen LogP contribution in [0.5, 0.6) is 0 Å². The van der Waals surface area contributed by atoms with Crippen molar-refractivity contribution >= 4 is 39.3 Å². The summed E-state index contributed by atoms with van der Waals surface area (Å²) < 4.78 is 0. The fraction of sp³-hybridized carbons (Fsp3) is 0.318. The Balaban J connectivity index is 1.51. The molecule has 1 atom stereocenters. The number of benzene rings is 1. The van der Waals surface area contributed by atoms with Gasteiger partial charge < -0.3 is 15.6 Å². The molecule has 27 heavy (non-hydrogen) atoms. The third-order valence-corrected chi connectivity index (χ3v) is 5.93. The van der Waals surface area contributed by atoms with Crippen molar-refractivity contribution in [2.75, 3.05) is 5.32 Å². The topological polar surface area (TPSA) is 63.7 Å². The Kier molecular flexibility index (Phi) is 5.14. The van der Waals surface area contributed by atoms with E-state index < -0.39 is 0 Å². The van der Waals surface area contributed by atoms with Gasteiger partial charge in [0.1, 0.15) is 5.84 Å². The van der Waals surface area contributed by atoms with E-state index in [4.69, 9.17) is 5.41 Å². The summed E-state index contributed by atoms with van der Waals surface area (Å²) in [6.07, 6.45) is 7.92. The highest BCUT2D eigenvalue weighted by atomic mass is 32.1. The van der Waals surface area contributed by atoms with Crippen LogP contribution in [-0.4, -0.2) is 22.9 Å². The first-order valence-electron chi connectivity index (χ1n) is 9.56. The minimum atomic E-state index is 0.440. The molecule has 0 radical (unpaired) electrons. The van der Waals surface area contributed by atoms with Crippen molar-refractivity contribution in [2.24, 2.45) is 0 Å². The molecule has 1 aliphatic carbocycles. The predicted octanol–water partition coefficient (Wildman–Crippen LogP) is 5.60. The third kappa shape index (κ3) is 3.99. The van der Waals surface area contributed by atoms with Crippen LogP contribution in [0.1, 0.15) is 43.6 Å². The number of H-pyrrole nitrogens is 1. The van der Waals surface area contributed by atoms with Gasteiger partial charge in [-0.05, 0) is 48.4 Å². The van der Waals surface area contributed by atoms with Crippen LogP contribution < -0.4 is 10.6 Å². The van der Waals surface area contributed by atoms with E-state index in [9.17, 15) is 0 Å². The maximum Gasteiger partial charge on any atom is 0.140 e. The van der Waals surface area contributed by atoms with Crippen LogP contribution >= 0.6 is 11.3 Å². The molecule has 0 amide bonds. The Morgan fingerprint density at radius 1 is 1.30 bits per heavy atom. The van der Waals surface area contributed by atoms with E-state index >= 15 is 0 Å². The molecule has 0 spiro atoms. The number of aromatic amines is 1. The zero-order chi connectivity index (χ0) is 18.8. The van der Waals surface area contributed by atoms with Crippen molar-refractivity contribution in [2.45, 2.75) is 45.2 Å². The minimum absolute atomic E-state index is 0.440. The first kappa shape index (κ1) is 18.0. The summed E-state index contributed by atoms with van der Waals surface area (Å²) >= 11 is 1.57. The lowest BCUT2D eigenvalue weighted by Gasteiger charge is -2.25. The molecule has 0 aliphatic heterocycles. The van der Waals surface area contributed by atoms with Crippen LogP contribution in [0.4, 0.5) is 5.69 Å². The number of hydrogen-bond acceptors (Lipinski definition) is 3. The normalized spacial score (nSPS) is 17.3. The van der Waals surface area contributed by atoms with E-state index in [1.807, 2.05) is 17.5 Å². The predicted molar refractivity (Wildman–Crippen MR) is 117 cm³/mol. The van der Waals surface area contributed by atoms with Crippen LogP contribution in [-0.2, 0) is 0 Å². The molecule has 2 aromatic heterocycles. The molecule has 2 heterocycles. The SMILES string of the molecule is CC(C)NC1CC=C(c2c[nH]c3cc(NC(=N)c4cccs4)ccc23)CC1. The molecule has 4 rings (SSSR count). The molecule has 1 unspecified atom stereocenters. The van der Waals surface area contributed by atoms with Crippen molar-refractivity contribution < 1.29 is 0 Å². The van der Waals surface area contributed by atoms with Gasteiger partial charge in [0.05, 0.1) is 4.88 Å². The van der Waals surface area contributed by atoms with Gasteiger partial charge in [0, 0.05) is 40.4 Å². The van der Waals surface area contributed by atoms with Gasteiger partial charge in [-0.2, -0.15) is 0 Å².